The molecule has 2 amide bonds. The standard InChI is InChI=1S/C18H23N3O8/c1-11-15(19-17(24)28-18(2,3)4)16(23)20(11)29-14(9-22)27-10-12-5-7-13(8-6-12)21(25)26/h5-9,11,14-15H,10H2,1-4H3,(H,19,24)/t11-,14?,15-/m0/s1. The summed E-state index contributed by atoms with van der Waals surface area (Å²) < 4.78 is 10.4. The van der Waals surface area contributed by atoms with Gasteiger partial charge in [-0.05, 0) is 45.4 Å². The molecule has 1 heterocycles. The number of rotatable bonds is 8. The van der Waals surface area contributed by atoms with Crippen molar-refractivity contribution in [1.29, 1.82) is 0 Å². The highest BCUT2D eigenvalue weighted by Crippen LogP contribution is 2.22. The summed E-state index contributed by atoms with van der Waals surface area (Å²) in [6, 6.07) is 4.20. The summed E-state index contributed by atoms with van der Waals surface area (Å²) >= 11 is 0. The molecule has 1 unspecified atom stereocenters. The van der Waals surface area contributed by atoms with E-state index in [0.29, 0.717) is 11.8 Å². The number of benzene rings is 1. The van der Waals surface area contributed by atoms with Crippen LogP contribution in [0.5, 0.6) is 0 Å². The van der Waals surface area contributed by atoms with Gasteiger partial charge in [0, 0.05) is 12.1 Å². The molecule has 11 nitrogen and oxygen atoms in total. The lowest BCUT2D eigenvalue weighted by Gasteiger charge is -2.44. The lowest BCUT2D eigenvalue weighted by Crippen LogP contribution is -2.70. The van der Waals surface area contributed by atoms with Crippen LogP contribution >= 0.6 is 0 Å². The monoisotopic (exact) mass is 409 g/mol. The second-order valence-corrected chi connectivity index (χ2v) is 7.37. The van der Waals surface area contributed by atoms with Crippen molar-refractivity contribution in [2.24, 2.45) is 0 Å². The highest BCUT2D eigenvalue weighted by atomic mass is 16.8. The maximum absolute atomic E-state index is 12.2. The van der Waals surface area contributed by atoms with E-state index in [9.17, 15) is 24.5 Å². The normalized spacial score (nSPS) is 19.9. The van der Waals surface area contributed by atoms with Crippen LogP contribution in [-0.4, -0.2) is 52.2 Å². The predicted octanol–water partition coefficient (Wildman–Crippen LogP) is 1.69. The van der Waals surface area contributed by atoms with E-state index >= 15 is 0 Å². The van der Waals surface area contributed by atoms with Gasteiger partial charge in [0.15, 0.2) is 6.29 Å². The third kappa shape index (κ3) is 5.96. The molecule has 0 aromatic heterocycles. The lowest BCUT2D eigenvalue weighted by molar-refractivity contribution is -0.384. The first kappa shape index (κ1) is 22.2. The number of hydrogen-bond acceptors (Lipinski definition) is 8. The quantitative estimate of drug-likeness (QED) is 0.225. The summed E-state index contributed by atoms with van der Waals surface area (Å²) in [5, 5.41) is 14.0. The predicted molar refractivity (Wildman–Crippen MR) is 98.3 cm³/mol. The Balaban J connectivity index is 1.85. The van der Waals surface area contributed by atoms with Crippen molar-refractivity contribution in [2.75, 3.05) is 0 Å². The molecule has 0 bridgehead atoms. The largest absolute Gasteiger partial charge is 0.444 e. The molecule has 1 fully saturated rings. The number of non-ortho nitro benzene ring substituents is 1. The van der Waals surface area contributed by atoms with E-state index in [-0.39, 0.29) is 12.3 Å². The zero-order valence-electron chi connectivity index (χ0n) is 16.5. The Morgan fingerprint density at radius 2 is 1.97 bits per heavy atom. The lowest BCUT2D eigenvalue weighted by atomic mass is 10.0. The molecule has 1 saturated heterocycles. The van der Waals surface area contributed by atoms with Gasteiger partial charge in [0.05, 0.1) is 17.6 Å². The van der Waals surface area contributed by atoms with Crippen LogP contribution in [-0.2, 0) is 30.5 Å². The molecule has 1 N–H and O–H groups in total. The van der Waals surface area contributed by atoms with Crippen molar-refractivity contribution >= 4 is 24.0 Å². The Morgan fingerprint density at radius 3 is 2.45 bits per heavy atom. The molecule has 29 heavy (non-hydrogen) atoms. The molecular formula is C18H23N3O8. The van der Waals surface area contributed by atoms with Gasteiger partial charge in [-0.1, -0.05) is 0 Å². The smallest absolute Gasteiger partial charge is 0.408 e. The minimum absolute atomic E-state index is 0.0581. The van der Waals surface area contributed by atoms with Crippen LogP contribution in [0.15, 0.2) is 24.3 Å². The average Bonchev–Trinajstić information content (AvgIpc) is 2.65. The number of nitro benzene ring substituents is 1. The minimum atomic E-state index is -1.36. The summed E-state index contributed by atoms with van der Waals surface area (Å²) in [7, 11) is 0. The van der Waals surface area contributed by atoms with Gasteiger partial charge in [0.1, 0.15) is 11.6 Å². The molecular weight excluding hydrogens is 386 g/mol. The van der Waals surface area contributed by atoms with Crippen LogP contribution in [0, 0.1) is 10.1 Å². The van der Waals surface area contributed by atoms with Gasteiger partial charge in [0.2, 0.25) is 6.29 Å². The molecule has 0 saturated carbocycles. The first-order chi connectivity index (χ1) is 13.5. The second kappa shape index (κ2) is 8.97. The Bertz CT molecular complexity index is 774. The van der Waals surface area contributed by atoms with Gasteiger partial charge in [-0.3, -0.25) is 19.7 Å². The molecule has 1 aromatic rings. The van der Waals surface area contributed by atoms with Gasteiger partial charge >= 0.3 is 6.09 Å². The van der Waals surface area contributed by atoms with E-state index < -0.39 is 40.9 Å². The summed E-state index contributed by atoms with van der Waals surface area (Å²) in [5.74, 6) is -0.547. The fraction of sp³-hybridized carbons (Fsp3) is 0.500. The fourth-order valence-corrected chi connectivity index (χ4v) is 2.46. The van der Waals surface area contributed by atoms with Crippen molar-refractivity contribution in [1.82, 2.24) is 10.4 Å². The van der Waals surface area contributed by atoms with Gasteiger partial charge in [-0.2, -0.15) is 0 Å². The molecule has 2 rings (SSSR count). The van der Waals surface area contributed by atoms with Gasteiger partial charge in [-0.25, -0.2) is 14.7 Å². The molecule has 0 aliphatic carbocycles. The number of ether oxygens (including phenoxy) is 2. The Labute approximate surface area is 167 Å². The number of nitrogens with zero attached hydrogens (tertiary/aromatic N) is 2. The summed E-state index contributed by atoms with van der Waals surface area (Å²) in [5.41, 5.74) is -0.191. The first-order valence-electron chi connectivity index (χ1n) is 8.81. The maximum atomic E-state index is 12.2. The van der Waals surface area contributed by atoms with E-state index in [2.05, 4.69) is 5.32 Å². The van der Waals surface area contributed by atoms with Crippen molar-refractivity contribution in [3.8, 4) is 0 Å². The number of hydroxylamine groups is 2. The number of aldehydes is 1. The van der Waals surface area contributed by atoms with Crippen molar-refractivity contribution < 1.29 is 33.6 Å². The van der Waals surface area contributed by atoms with E-state index in [0.717, 1.165) is 5.06 Å². The van der Waals surface area contributed by atoms with Crippen LogP contribution in [0.25, 0.3) is 0 Å². The molecule has 158 valence electrons. The van der Waals surface area contributed by atoms with E-state index in [1.54, 1.807) is 27.7 Å². The molecule has 11 heteroatoms. The number of nitro groups is 1. The molecule has 0 radical (unpaired) electrons. The first-order valence-corrected chi connectivity index (χ1v) is 8.81. The Kier molecular flexibility index (Phi) is 6.88. The summed E-state index contributed by atoms with van der Waals surface area (Å²) in [6.45, 7) is 6.67. The minimum Gasteiger partial charge on any atom is -0.444 e. The zero-order valence-corrected chi connectivity index (χ0v) is 16.5. The zero-order chi connectivity index (χ0) is 21.8. The van der Waals surface area contributed by atoms with E-state index in [4.69, 9.17) is 14.3 Å². The Hall–Kier alpha value is -3.05. The van der Waals surface area contributed by atoms with Gasteiger partial charge in [-0.15, -0.1) is 0 Å². The third-order valence-electron chi connectivity index (χ3n) is 3.90. The van der Waals surface area contributed by atoms with Gasteiger partial charge in [0.25, 0.3) is 11.6 Å². The van der Waals surface area contributed by atoms with Crippen LogP contribution < -0.4 is 5.32 Å². The van der Waals surface area contributed by atoms with E-state index in [1.165, 1.54) is 24.3 Å². The highest BCUT2D eigenvalue weighted by Gasteiger charge is 2.48. The Morgan fingerprint density at radius 1 is 1.34 bits per heavy atom. The second-order valence-electron chi connectivity index (χ2n) is 7.37. The van der Waals surface area contributed by atoms with Crippen LogP contribution in [0.4, 0.5) is 10.5 Å². The molecule has 0 spiro atoms. The molecule has 1 aliphatic rings. The van der Waals surface area contributed by atoms with Crippen LogP contribution in [0.3, 0.4) is 0 Å². The average molecular weight is 409 g/mol. The fourth-order valence-electron chi connectivity index (χ4n) is 2.46. The van der Waals surface area contributed by atoms with E-state index in [1.807, 2.05) is 0 Å². The number of carbonyl (C=O) groups excluding carboxylic acids is 3. The number of carbonyl (C=O) groups is 3. The maximum Gasteiger partial charge on any atom is 0.408 e. The molecule has 1 aliphatic heterocycles. The van der Waals surface area contributed by atoms with Gasteiger partial charge < -0.3 is 14.8 Å². The number of hydrogen-bond donors (Lipinski definition) is 1. The number of nitrogens with one attached hydrogen (secondary N) is 1. The summed E-state index contributed by atoms with van der Waals surface area (Å²) in [4.78, 5) is 50.6. The number of alkyl carbamates (subject to hydrolysis) is 1. The topological polar surface area (TPSA) is 137 Å². The third-order valence-corrected chi connectivity index (χ3v) is 3.90. The SMILES string of the molecule is C[C@H]1[C@H](NC(=O)OC(C)(C)C)C(=O)N1OC(C=O)OCc1ccc([N+](=O)[O-])cc1. The summed E-state index contributed by atoms with van der Waals surface area (Å²) in [6.07, 6.45) is -1.72. The molecule has 1 aromatic carbocycles. The van der Waals surface area contributed by atoms with Crippen molar-refractivity contribution in [3.05, 3.63) is 39.9 Å². The van der Waals surface area contributed by atoms with Crippen LogP contribution in [0.2, 0.25) is 0 Å². The van der Waals surface area contributed by atoms with Crippen LogP contribution in [0.1, 0.15) is 33.3 Å². The van der Waals surface area contributed by atoms with Crippen molar-refractivity contribution in [2.45, 2.75) is 58.3 Å². The van der Waals surface area contributed by atoms with Crippen molar-refractivity contribution in [3.63, 3.8) is 0 Å². The number of β-lactam (4-membered cyclic amide) rings is 1. The number of amides is 2. The molecule has 3 atom stereocenters. The highest BCUT2D eigenvalue weighted by molar-refractivity contribution is 5.91.